The summed E-state index contributed by atoms with van der Waals surface area (Å²) in [5.74, 6) is 0.104. The quantitative estimate of drug-likeness (QED) is 0.834. The highest BCUT2D eigenvalue weighted by molar-refractivity contribution is 9.10. The Morgan fingerprint density at radius 3 is 2.73 bits per heavy atom. The molecule has 1 aromatic rings. The number of benzene rings is 1. The zero-order valence-corrected chi connectivity index (χ0v) is 11.1. The van der Waals surface area contributed by atoms with Crippen LogP contribution in [0, 0.1) is 0 Å². The molecule has 3 N–H and O–H groups in total. The maximum absolute atomic E-state index is 9.73. The van der Waals surface area contributed by atoms with Gasteiger partial charge < -0.3 is 10.8 Å². The van der Waals surface area contributed by atoms with Crippen LogP contribution >= 0.6 is 39.9 Å². The standard InChI is InChI=1S/C10H11BrClNO.ClH/c1-2-3-8(13)9-7(12)5-4-6(11)10(9)14;/h2,4-5,8,14H,1,3,13H2;1H/t8-;/m0./s1. The normalized spacial score (nSPS) is 11.7. The summed E-state index contributed by atoms with van der Waals surface area (Å²) in [4.78, 5) is 0. The van der Waals surface area contributed by atoms with Gasteiger partial charge in [-0.1, -0.05) is 17.7 Å². The van der Waals surface area contributed by atoms with Crippen LogP contribution in [0.1, 0.15) is 18.0 Å². The molecule has 15 heavy (non-hydrogen) atoms. The first kappa shape index (κ1) is 14.8. The lowest BCUT2D eigenvalue weighted by Crippen LogP contribution is -2.10. The molecule has 2 nitrogen and oxygen atoms in total. The third-order valence-corrected chi connectivity index (χ3v) is 2.88. The van der Waals surface area contributed by atoms with Crippen LogP contribution in [0.5, 0.6) is 5.75 Å². The maximum Gasteiger partial charge on any atom is 0.136 e. The summed E-state index contributed by atoms with van der Waals surface area (Å²) in [6.07, 6.45) is 2.27. The molecule has 84 valence electrons. The molecule has 1 atom stereocenters. The van der Waals surface area contributed by atoms with Crippen LogP contribution in [-0.4, -0.2) is 5.11 Å². The topological polar surface area (TPSA) is 46.2 Å². The molecule has 0 aliphatic carbocycles. The van der Waals surface area contributed by atoms with Crippen LogP contribution in [0.2, 0.25) is 5.02 Å². The fourth-order valence-electron chi connectivity index (χ4n) is 1.21. The molecular formula is C10H12BrCl2NO. The van der Waals surface area contributed by atoms with E-state index in [-0.39, 0.29) is 24.2 Å². The second kappa shape index (κ2) is 6.38. The number of aromatic hydroxyl groups is 1. The van der Waals surface area contributed by atoms with Crippen LogP contribution in [0.15, 0.2) is 29.3 Å². The number of nitrogens with two attached hydrogens (primary N) is 1. The highest BCUT2D eigenvalue weighted by Gasteiger charge is 2.15. The molecule has 0 saturated carbocycles. The second-order valence-electron chi connectivity index (χ2n) is 2.92. The van der Waals surface area contributed by atoms with Crippen LogP contribution in [0.4, 0.5) is 0 Å². The Morgan fingerprint density at radius 1 is 1.60 bits per heavy atom. The lowest BCUT2D eigenvalue weighted by Gasteiger charge is -2.14. The third-order valence-electron chi connectivity index (χ3n) is 1.91. The van der Waals surface area contributed by atoms with Gasteiger partial charge in [0.05, 0.1) is 4.47 Å². The summed E-state index contributed by atoms with van der Waals surface area (Å²) in [5, 5.41) is 10.2. The van der Waals surface area contributed by atoms with Crippen molar-refractivity contribution in [2.45, 2.75) is 12.5 Å². The Balaban J connectivity index is 0.00000196. The van der Waals surface area contributed by atoms with Gasteiger partial charge in [0.15, 0.2) is 0 Å². The smallest absolute Gasteiger partial charge is 0.136 e. The van der Waals surface area contributed by atoms with Crippen LogP contribution in [-0.2, 0) is 0 Å². The minimum atomic E-state index is -0.322. The van der Waals surface area contributed by atoms with Gasteiger partial charge in [-0.25, -0.2) is 0 Å². The number of phenolic OH excluding ortho intramolecular Hbond substituents is 1. The molecule has 1 aromatic carbocycles. The molecule has 0 saturated heterocycles. The van der Waals surface area contributed by atoms with Gasteiger partial charge in [-0.2, -0.15) is 0 Å². The minimum absolute atomic E-state index is 0. The predicted molar refractivity (Wildman–Crippen MR) is 69.8 cm³/mol. The Bertz CT molecular complexity index is 358. The molecule has 0 bridgehead atoms. The van der Waals surface area contributed by atoms with Crippen molar-refractivity contribution in [2.75, 3.05) is 0 Å². The first-order valence-corrected chi connectivity index (χ1v) is 5.28. The number of rotatable bonds is 3. The highest BCUT2D eigenvalue weighted by Crippen LogP contribution is 2.37. The van der Waals surface area contributed by atoms with Gasteiger partial charge in [0, 0.05) is 16.6 Å². The monoisotopic (exact) mass is 311 g/mol. The Labute approximate surface area is 109 Å². The summed E-state index contributed by atoms with van der Waals surface area (Å²) >= 11 is 9.15. The van der Waals surface area contributed by atoms with Gasteiger partial charge in [0.1, 0.15) is 5.75 Å². The average molecular weight is 313 g/mol. The van der Waals surface area contributed by atoms with Crippen LogP contribution < -0.4 is 5.73 Å². The first-order chi connectivity index (χ1) is 6.57. The van der Waals surface area contributed by atoms with Gasteiger partial charge in [-0.3, -0.25) is 0 Å². The van der Waals surface area contributed by atoms with Crippen molar-refractivity contribution in [3.8, 4) is 5.75 Å². The largest absolute Gasteiger partial charge is 0.506 e. The zero-order valence-electron chi connectivity index (χ0n) is 7.91. The van der Waals surface area contributed by atoms with Crippen LogP contribution in [0.25, 0.3) is 0 Å². The molecule has 0 aliphatic heterocycles. The van der Waals surface area contributed by atoms with Crippen molar-refractivity contribution in [2.24, 2.45) is 5.73 Å². The van der Waals surface area contributed by atoms with Crippen molar-refractivity contribution in [3.05, 3.63) is 39.8 Å². The molecule has 0 amide bonds. The summed E-state index contributed by atoms with van der Waals surface area (Å²) in [6.45, 7) is 3.59. The van der Waals surface area contributed by atoms with Crippen molar-refractivity contribution >= 4 is 39.9 Å². The fraction of sp³-hybridized carbons (Fsp3) is 0.200. The summed E-state index contributed by atoms with van der Waals surface area (Å²) < 4.78 is 0.594. The van der Waals surface area contributed by atoms with E-state index < -0.39 is 0 Å². The molecule has 5 heteroatoms. The third kappa shape index (κ3) is 3.38. The highest BCUT2D eigenvalue weighted by atomic mass is 79.9. The van der Waals surface area contributed by atoms with E-state index in [2.05, 4.69) is 22.5 Å². The van der Waals surface area contributed by atoms with E-state index in [4.69, 9.17) is 17.3 Å². The fourth-order valence-corrected chi connectivity index (χ4v) is 1.85. The Kier molecular flexibility index (Phi) is 6.29. The molecule has 0 spiro atoms. The molecule has 0 aliphatic rings. The molecule has 1 rings (SSSR count). The molecular weight excluding hydrogens is 301 g/mol. The second-order valence-corrected chi connectivity index (χ2v) is 4.18. The molecule has 0 fully saturated rings. The van der Waals surface area contributed by atoms with Crippen molar-refractivity contribution < 1.29 is 5.11 Å². The van der Waals surface area contributed by atoms with Gasteiger partial charge in [0.2, 0.25) is 0 Å². The van der Waals surface area contributed by atoms with E-state index in [9.17, 15) is 5.11 Å². The number of halogens is 3. The Morgan fingerprint density at radius 2 is 2.20 bits per heavy atom. The number of hydrogen-bond donors (Lipinski definition) is 2. The van der Waals surface area contributed by atoms with Gasteiger partial charge >= 0.3 is 0 Å². The zero-order chi connectivity index (χ0) is 10.7. The van der Waals surface area contributed by atoms with Gasteiger partial charge in [0.25, 0.3) is 0 Å². The predicted octanol–water partition coefficient (Wildman–Crippen LogP) is 3.81. The van der Waals surface area contributed by atoms with Gasteiger partial charge in [-0.05, 0) is 34.5 Å². The Hall–Kier alpha value is -0.220. The van der Waals surface area contributed by atoms with E-state index in [1.807, 2.05) is 0 Å². The lowest BCUT2D eigenvalue weighted by atomic mass is 10.0. The SMILES string of the molecule is C=CC[C@H](N)c1c(Cl)ccc(Br)c1O.Cl. The van der Waals surface area contributed by atoms with Gasteiger partial charge in [-0.15, -0.1) is 19.0 Å². The van der Waals surface area contributed by atoms with Crippen molar-refractivity contribution in [1.29, 1.82) is 0 Å². The van der Waals surface area contributed by atoms with E-state index in [0.29, 0.717) is 21.5 Å². The average Bonchev–Trinajstić information content (AvgIpc) is 2.13. The summed E-state index contributed by atoms with van der Waals surface area (Å²) in [5.41, 5.74) is 6.40. The van der Waals surface area contributed by atoms with E-state index in [0.717, 1.165) is 0 Å². The van der Waals surface area contributed by atoms with Crippen molar-refractivity contribution in [1.82, 2.24) is 0 Å². The summed E-state index contributed by atoms with van der Waals surface area (Å²) in [7, 11) is 0. The maximum atomic E-state index is 9.73. The molecule has 0 aromatic heterocycles. The van der Waals surface area contributed by atoms with Crippen molar-refractivity contribution in [3.63, 3.8) is 0 Å². The number of phenols is 1. The molecule has 0 unspecified atom stereocenters. The molecule has 0 heterocycles. The number of hydrogen-bond acceptors (Lipinski definition) is 2. The van der Waals surface area contributed by atoms with Crippen LogP contribution in [0.3, 0.4) is 0 Å². The van der Waals surface area contributed by atoms with E-state index >= 15 is 0 Å². The summed E-state index contributed by atoms with van der Waals surface area (Å²) in [6, 6.07) is 3.06. The first-order valence-electron chi connectivity index (χ1n) is 4.11. The minimum Gasteiger partial charge on any atom is -0.506 e. The molecule has 0 radical (unpaired) electrons. The van der Waals surface area contributed by atoms with E-state index in [1.54, 1.807) is 18.2 Å². The lowest BCUT2D eigenvalue weighted by molar-refractivity contribution is 0.458. The van der Waals surface area contributed by atoms with E-state index in [1.165, 1.54) is 0 Å².